The van der Waals surface area contributed by atoms with Crippen LogP contribution in [-0.2, 0) is 0 Å². The number of hydrazone groups is 1. The number of aromatic nitrogens is 2. The van der Waals surface area contributed by atoms with Crippen LogP contribution in [0.3, 0.4) is 0 Å². The molecule has 0 aliphatic heterocycles. The van der Waals surface area contributed by atoms with Crippen molar-refractivity contribution < 1.29 is 13.9 Å². The molecule has 1 N–H and O–H groups in total. The fourth-order valence-corrected chi connectivity index (χ4v) is 1.24. The van der Waals surface area contributed by atoms with Crippen LogP contribution in [0, 0.1) is 0 Å². The summed E-state index contributed by atoms with van der Waals surface area (Å²) in [6.07, 6.45) is 6.08. The Balaban J connectivity index is 1.92. The van der Waals surface area contributed by atoms with Crippen molar-refractivity contribution in [3.63, 3.8) is 0 Å². The normalized spacial score (nSPS) is 10.6. The number of hydrogen-bond donors (Lipinski definition) is 1. The highest BCUT2D eigenvalue weighted by atomic mass is 16.6. The lowest BCUT2D eigenvalue weighted by Gasteiger charge is -1.95. The van der Waals surface area contributed by atoms with Crippen LogP contribution < -0.4 is 10.2 Å². The molecule has 2 rings (SSSR count). The van der Waals surface area contributed by atoms with Gasteiger partial charge in [-0.25, -0.2) is 10.4 Å². The van der Waals surface area contributed by atoms with Crippen molar-refractivity contribution in [1.82, 2.24) is 15.4 Å². The maximum atomic E-state index is 11.6. The number of nitrogens with zero attached hydrogens (tertiary/aromatic N) is 3. The van der Waals surface area contributed by atoms with Gasteiger partial charge in [-0.3, -0.25) is 9.78 Å². The first-order chi connectivity index (χ1) is 9.29. The molecule has 0 saturated heterocycles. The van der Waals surface area contributed by atoms with Gasteiger partial charge in [0.25, 0.3) is 5.89 Å². The van der Waals surface area contributed by atoms with Crippen molar-refractivity contribution in [1.29, 1.82) is 0 Å². The molecule has 1 amide bonds. The Labute approximate surface area is 109 Å². The van der Waals surface area contributed by atoms with Crippen molar-refractivity contribution in [3.05, 3.63) is 42.2 Å². The van der Waals surface area contributed by atoms with Crippen LogP contribution >= 0.6 is 0 Å². The van der Waals surface area contributed by atoms with Crippen LogP contribution in [0.5, 0.6) is 5.95 Å². The fraction of sp³-hybridized carbons (Fsp3) is 0.167. The van der Waals surface area contributed by atoms with Crippen molar-refractivity contribution in [3.8, 4) is 5.95 Å². The molecule has 0 unspecified atom stereocenters. The van der Waals surface area contributed by atoms with Crippen LogP contribution in [0.1, 0.15) is 23.2 Å². The van der Waals surface area contributed by atoms with Crippen molar-refractivity contribution in [2.24, 2.45) is 5.10 Å². The largest absolute Gasteiger partial charge is 0.464 e. The van der Waals surface area contributed by atoms with Gasteiger partial charge in [-0.1, -0.05) is 6.07 Å². The van der Waals surface area contributed by atoms with E-state index in [0.717, 1.165) is 5.56 Å². The summed E-state index contributed by atoms with van der Waals surface area (Å²) in [5.41, 5.74) is 3.06. The zero-order valence-corrected chi connectivity index (χ0v) is 10.2. The predicted molar refractivity (Wildman–Crippen MR) is 67.0 cm³/mol. The molecule has 0 radical (unpaired) electrons. The van der Waals surface area contributed by atoms with Gasteiger partial charge < -0.3 is 9.15 Å². The zero-order valence-electron chi connectivity index (χ0n) is 10.2. The summed E-state index contributed by atoms with van der Waals surface area (Å²) >= 11 is 0. The lowest BCUT2D eigenvalue weighted by atomic mass is 10.3. The SMILES string of the molecule is CCOc1cnc(C(=O)N/N=C\c2cccnc2)o1. The zero-order chi connectivity index (χ0) is 13.5. The second kappa shape index (κ2) is 6.29. The van der Waals surface area contributed by atoms with Crippen LogP contribution in [0.25, 0.3) is 0 Å². The van der Waals surface area contributed by atoms with Gasteiger partial charge in [0.15, 0.2) is 0 Å². The third-order valence-electron chi connectivity index (χ3n) is 2.03. The maximum Gasteiger partial charge on any atom is 0.327 e. The van der Waals surface area contributed by atoms with Gasteiger partial charge in [-0.2, -0.15) is 5.10 Å². The average molecular weight is 260 g/mol. The Morgan fingerprint density at radius 2 is 2.47 bits per heavy atom. The molecule has 0 fully saturated rings. The molecule has 0 aliphatic rings. The van der Waals surface area contributed by atoms with E-state index in [2.05, 4.69) is 20.5 Å². The summed E-state index contributed by atoms with van der Waals surface area (Å²) in [4.78, 5) is 19.3. The van der Waals surface area contributed by atoms with E-state index >= 15 is 0 Å². The number of carbonyl (C=O) groups excluding carboxylic acids is 1. The number of pyridine rings is 1. The molecule has 2 heterocycles. The van der Waals surface area contributed by atoms with Crippen molar-refractivity contribution in [2.75, 3.05) is 6.61 Å². The van der Waals surface area contributed by atoms with Crippen molar-refractivity contribution >= 4 is 12.1 Å². The molecule has 98 valence electrons. The first kappa shape index (κ1) is 12.7. The summed E-state index contributed by atoms with van der Waals surface area (Å²) in [5, 5.41) is 3.77. The number of hydrogen-bond acceptors (Lipinski definition) is 6. The molecule has 7 heteroatoms. The average Bonchev–Trinajstić information content (AvgIpc) is 2.89. The quantitative estimate of drug-likeness (QED) is 0.645. The molecule has 0 atom stereocenters. The van der Waals surface area contributed by atoms with Gasteiger partial charge in [0, 0.05) is 18.0 Å². The van der Waals surface area contributed by atoms with Crippen LogP contribution in [0.2, 0.25) is 0 Å². The van der Waals surface area contributed by atoms with E-state index in [4.69, 9.17) is 9.15 Å². The Morgan fingerprint density at radius 3 is 3.21 bits per heavy atom. The second-order valence-corrected chi connectivity index (χ2v) is 3.40. The number of nitrogens with one attached hydrogen (secondary N) is 1. The lowest BCUT2D eigenvalue weighted by Crippen LogP contribution is -2.17. The van der Waals surface area contributed by atoms with Crippen molar-refractivity contribution in [2.45, 2.75) is 6.92 Å². The number of amides is 1. The van der Waals surface area contributed by atoms with Crippen LogP contribution in [0.15, 0.2) is 40.2 Å². The maximum absolute atomic E-state index is 11.6. The highest BCUT2D eigenvalue weighted by molar-refractivity contribution is 5.90. The Hall–Kier alpha value is -2.70. The summed E-state index contributed by atoms with van der Waals surface area (Å²) in [6, 6.07) is 3.58. The Kier molecular flexibility index (Phi) is 4.22. The minimum Gasteiger partial charge on any atom is -0.464 e. The summed E-state index contributed by atoms with van der Waals surface area (Å²) in [6.45, 7) is 2.25. The second-order valence-electron chi connectivity index (χ2n) is 3.40. The monoisotopic (exact) mass is 260 g/mol. The molecule has 2 aromatic heterocycles. The number of ether oxygens (including phenoxy) is 1. The fourth-order valence-electron chi connectivity index (χ4n) is 1.24. The minimum absolute atomic E-state index is 0.105. The molecule has 0 bridgehead atoms. The van der Waals surface area contributed by atoms with Gasteiger partial charge in [-0.15, -0.1) is 0 Å². The van der Waals surface area contributed by atoms with Crippen LogP contribution in [0.4, 0.5) is 0 Å². The summed E-state index contributed by atoms with van der Waals surface area (Å²) < 4.78 is 10.1. The third-order valence-corrected chi connectivity index (χ3v) is 2.03. The highest BCUT2D eigenvalue weighted by Gasteiger charge is 2.12. The Morgan fingerprint density at radius 1 is 1.58 bits per heavy atom. The first-order valence-corrected chi connectivity index (χ1v) is 5.61. The number of rotatable bonds is 5. The molecule has 19 heavy (non-hydrogen) atoms. The molecule has 0 spiro atoms. The van der Waals surface area contributed by atoms with Gasteiger partial charge >= 0.3 is 11.9 Å². The molecular weight excluding hydrogens is 248 g/mol. The highest BCUT2D eigenvalue weighted by Crippen LogP contribution is 2.11. The topological polar surface area (TPSA) is 89.6 Å². The van der Waals surface area contributed by atoms with E-state index in [9.17, 15) is 4.79 Å². The first-order valence-electron chi connectivity index (χ1n) is 5.61. The lowest BCUT2D eigenvalue weighted by molar-refractivity contribution is 0.0912. The molecule has 0 saturated carbocycles. The van der Waals surface area contributed by atoms with Gasteiger partial charge in [0.2, 0.25) is 0 Å². The summed E-state index contributed by atoms with van der Waals surface area (Å²) in [7, 11) is 0. The number of oxazole rings is 1. The minimum atomic E-state index is -0.550. The van der Waals surface area contributed by atoms with E-state index in [1.807, 2.05) is 0 Å². The standard InChI is InChI=1S/C12H12N4O3/c1-2-18-10-8-14-12(19-10)11(17)16-15-7-9-4-3-5-13-6-9/h3-8H,2H2,1H3,(H,16,17)/b15-7-. The molecule has 7 nitrogen and oxygen atoms in total. The van der Waals surface area contributed by atoms with Gasteiger partial charge in [-0.05, 0) is 13.0 Å². The molecular formula is C12H12N4O3. The summed E-state index contributed by atoms with van der Waals surface area (Å²) in [5.74, 6) is -0.457. The van der Waals surface area contributed by atoms with E-state index < -0.39 is 5.91 Å². The number of carbonyl (C=O) groups is 1. The van der Waals surface area contributed by atoms with Gasteiger partial charge in [0.05, 0.1) is 12.8 Å². The van der Waals surface area contributed by atoms with E-state index in [0.29, 0.717) is 6.61 Å². The van der Waals surface area contributed by atoms with E-state index in [1.54, 1.807) is 31.5 Å². The van der Waals surface area contributed by atoms with Gasteiger partial charge in [0.1, 0.15) is 6.20 Å². The molecule has 0 aliphatic carbocycles. The van der Waals surface area contributed by atoms with E-state index in [-0.39, 0.29) is 11.8 Å². The Bertz CT molecular complexity index is 565. The van der Waals surface area contributed by atoms with Crippen LogP contribution in [-0.4, -0.2) is 28.7 Å². The smallest absolute Gasteiger partial charge is 0.327 e. The van der Waals surface area contributed by atoms with E-state index in [1.165, 1.54) is 12.4 Å². The third kappa shape index (κ3) is 3.63. The molecule has 0 aromatic carbocycles. The predicted octanol–water partition coefficient (Wildman–Crippen LogP) is 1.23. The molecule has 2 aromatic rings.